The number of ether oxygens (including phenoxy) is 1. The second kappa shape index (κ2) is 9.07. The topological polar surface area (TPSA) is 81.5 Å². The van der Waals surface area contributed by atoms with Gasteiger partial charge in [-0.3, -0.25) is 0 Å². The van der Waals surface area contributed by atoms with Crippen molar-refractivity contribution in [2.45, 2.75) is 39.0 Å². The molecule has 0 aliphatic rings. The molecule has 0 fully saturated rings. The van der Waals surface area contributed by atoms with Crippen LogP contribution in [0.5, 0.6) is 0 Å². The molecule has 0 aromatic carbocycles. The second-order valence-corrected chi connectivity index (χ2v) is 7.91. The molecular formula is C22H23F3N6O. The molecule has 168 valence electrons. The summed E-state index contributed by atoms with van der Waals surface area (Å²) >= 11 is 0. The smallest absolute Gasteiger partial charge is 0.364 e. The van der Waals surface area contributed by atoms with E-state index in [4.69, 9.17) is 4.74 Å². The van der Waals surface area contributed by atoms with Crippen molar-refractivity contribution in [2.75, 3.05) is 6.61 Å². The monoisotopic (exact) mass is 444 g/mol. The number of fused-ring (bicyclic) bond motifs is 1. The molecule has 0 aliphatic heterocycles. The lowest BCUT2D eigenvalue weighted by molar-refractivity contribution is -0.224. The van der Waals surface area contributed by atoms with Gasteiger partial charge in [0.2, 0.25) is 0 Å². The van der Waals surface area contributed by atoms with Crippen molar-refractivity contribution in [1.29, 1.82) is 0 Å². The highest BCUT2D eigenvalue weighted by atomic mass is 19.4. The normalized spacial score (nSPS) is 13.2. The highest BCUT2D eigenvalue weighted by Gasteiger charge is 2.42. The minimum absolute atomic E-state index is 0.0357. The zero-order valence-electron chi connectivity index (χ0n) is 17.7. The molecule has 4 heterocycles. The van der Waals surface area contributed by atoms with E-state index in [1.54, 1.807) is 24.9 Å². The summed E-state index contributed by atoms with van der Waals surface area (Å²) in [5.41, 5.74) is 2.99. The maximum atomic E-state index is 13.5. The Morgan fingerprint density at radius 1 is 1.09 bits per heavy atom. The van der Waals surface area contributed by atoms with Gasteiger partial charge in [-0.15, -0.1) is 0 Å². The number of halogens is 3. The molecule has 0 amide bonds. The van der Waals surface area contributed by atoms with Crippen molar-refractivity contribution < 1.29 is 17.9 Å². The lowest BCUT2D eigenvalue weighted by atomic mass is 10.1. The van der Waals surface area contributed by atoms with Crippen molar-refractivity contribution in [2.24, 2.45) is 5.92 Å². The van der Waals surface area contributed by atoms with Crippen LogP contribution in [0.3, 0.4) is 0 Å². The van der Waals surface area contributed by atoms with Gasteiger partial charge in [-0.1, -0.05) is 19.9 Å². The Kier molecular flexibility index (Phi) is 6.22. The Morgan fingerprint density at radius 2 is 1.94 bits per heavy atom. The first-order valence-corrected chi connectivity index (χ1v) is 10.3. The van der Waals surface area contributed by atoms with Crippen LogP contribution < -0.4 is 0 Å². The lowest BCUT2D eigenvalue weighted by Crippen LogP contribution is -2.24. The van der Waals surface area contributed by atoms with E-state index >= 15 is 0 Å². The van der Waals surface area contributed by atoms with Gasteiger partial charge in [0.25, 0.3) is 0 Å². The fraction of sp³-hybridized carbons (Fsp3) is 0.364. The molecule has 0 radical (unpaired) electrons. The van der Waals surface area contributed by atoms with Crippen LogP contribution in [0.25, 0.3) is 28.1 Å². The van der Waals surface area contributed by atoms with Crippen molar-refractivity contribution in [3.63, 3.8) is 0 Å². The number of aromatic amines is 1. The Hall–Kier alpha value is -3.27. The fourth-order valence-corrected chi connectivity index (χ4v) is 3.44. The summed E-state index contributed by atoms with van der Waals surface area (Å²) in [7, 11) is 0. The highest BCUT2D eigenvalue weighted by Crippen LogP contribution is 2.36. The van der Waals surface area contributed by atoms with Crippen molar-refractivity contribution in [3.8, 4) is 16.9 Å². The Labute approximate surface area is 182 Å². The van der Waals surface area contributed by atoms with Gasteiger partial charge < -0.3 is 9.72 Å². The summed E-state index contributed by atoms with van der Waals surface area (Å²) < 4.78 is 47.3. The third-order valence-electron chi connectivity index (χ3n) is 5.04. The molecule has 0 saturated heterocycles. The number of aromatic nitrogens is 6. The summed E-state index contributed by atoms with van der Waals surface area (Å²) in [5, 5.41) is 4.30. The van der Waals surface area contributed by atoms with E-state index in [2.05, 4.69) is 25.0 Å². The molecule has 0 saturated carbocycles. The standard InChI is InChI=1S/C22H23F3N6O/c1-14(2)4-3-9-32-20(22(23,24)25)15-5-6-18(27-10-15)31-12-16(11-30-31)17-7-8-26-21-19(17)28-13-29-21/h5-8,10-14,20H,3-4,9H2,1-2H3,(H,26,28,29). The molecule has 0 spiro atoms. The van der Waals surface area contributed by atoms with Crippen LogP contribution in [0.15, 0.2) is 49.3 Å². The van der Waals surface area contributed by atoms with Crippen molar-refractivity contribution >= 4 is 11.2 Å². The van der Waals surface area contributed by atoms with E-state index in [0.29, 0.717) is 23.8 Å². The highest BCUT2D eigenvalue weighted by molar-refractivity contribution is 5.88. The van der Waals surface area contributed by atoms with Crippen molar-refractivity contribution in [1.82, 2.24) is 29.7 Å². The average Bonchev–Trinajstić information content (AvgIpc) is 3.42. The predicted molar refractivity (Wildman–Crippen MR) is 113 cm³/mol. The lowest BCUT2D eigenvalue weighted by Gasteiger charge is -2.21. The van der Waals surface area contributed by atoms with Crippen LogP contribution in [0, 0.1) is 5.92 Å². The van der Waals surface area contributed by atoms with Crippen LogP contribution in [-0.4, -0.2) is 42.5 Å². The van der Waals surface area contributed by atoms with Gasteiger partial charge in [0.05, 0.1) is 18.0 Å². The van der Waals surface area contributed by atoms with Crippen LogP contribution in [0.2, 0.25) is 0 Å². The molecular weight excluding hydrogens is 421 g/mol. The van der Waals surface area contributed by atoms with Gasteiger partial charge in [0, 0.05) is 41.9 Å². The number of alkyl halides is 3. The number of nitrogens with zero attached hydrogens (tertiary/aromatic N) is 5. The number of H-pyrrole nitrogens is 1. The first-order chi connectivity index (χ1) is 15.3. The molecule has 1 unspecified atom stereocenters. The first kappa shape index (κ1) is 21.9. The number of hydrogen-bond acceptors (Lipinski definition) is 5. The van der Waals surface area contributed by atoms with Gasteiger partial charge in [-0.25, -0.2) is 19.6 Å². The minimum atomic E-state index is -4.52. The van der Waals surface area contributed by atoms with E-state index in [0.717, 1.165) is 23.1 Å². The minimum Gasteiger partial charge on any atom is -0.364 e. The molecule has 32 heavy (non-hydrogen) atoms. The third-order valence-corrected chi connectivity index (χ3v) is 5.04. The van der Waals surface area contributed by atoms with E-state index in [9.17, 15) is 13.2 Å². The maximum absolute atomic E-state index is 13.5. The van der Waals surface area contributed by atoms with E-state index < -0.39 is 12.3 Å². The number of rotatable bonds is 8. The summed E-state index contributed by atoms with van der Waals surface area (Å²) in [5.74, 6) is 0.815. The molecule has 10 heteroatoms. The summed E-state index contributed by atoms with van der Waals surface area (Å²) in [4.78, 5) is 15.6. The molecule has 4 aromatic heterocycles. The number of nitrogens with one attached hydrogen (secondary N) is 1. The fourth-order valence-electron chi connectivity index (χ4n) is 3.44. The van der Waals surface area contributed by atoms with Crippen LogP contribution in [0.4, 0.5) is 13.2 Å². The zero-order chi connectivity index (χ0) is 22.7. The number of imidazole rings is 1. The first-order valence-electron chi connectivity index (χ1n) is 10.3. The maximum Gasteiger partial charge on any atom is 0.418 e. The zero-order valence-corrected chi connectivity index (χ0v) is 17.7. The largest absolute Gasteiger partial charge is 0.418 e. The van der Waals surface area contributed by atoms with Gasteiger partial charge in [-0.05, 0) is 30.9 Å². The molecule has 0 bridgehead atoms. The van der Waals surface area contributed by atoms with E-state index in [1.165, 1.54) is 23.0 Å². The predicted octanol–water partition coefficient (Wildman–Crippen LogP) is 5.26. The van der Waals surface area contributed by atoms with Gasteiger partial charge in [0.15, 0.2) is 17.6 Å². The molecule has 1 atom stereocenters. The Balaban J connectivity index is 1.52. The number of hydrogen-bond donors (Lipinski definition) is 1. The van der Waals surface area contributed by atoms with E-state index in [1.807, 2.05) is 19.9 Å². The second-order valence-electron chi connectivity index (χ2n) is 7.91. The van der Waals surface area contributed by atoms with E-state index in [-0.39, 0.29) is 12.2 Å². The van der Waals surface area contributed by atoms with Crippen LogP contribution >= 0.6 is 0 Å². The molecule has 7 nitrogen and oxygen atoms in total. The average molecular weight is 444 g/mol. The summed E-state index contributed by atoms with van der Waals surface area (Å²) in [6.45, 7) is 4.09. The Morgan fingerprint density at radius 3 is 2.66 bits per heavy atom. The summed E-state index contributed by atoms with van der Waals surface area (Å²) in [6.07, 6.45) is 2.68. The molecule has 4 rings (SSSR count). The summed E-state index contributed by atoms with van der Waals surface area (Å²) in [6, 6.07) is 4.72. The molecule has 0 aliphatic carbocycles. The van der Waals surface area contributed by atoms with Gasteiger partial charge in [0.1, 0.15) is 0 Å². The van der Waals surface area contributed by atoms with Crippen LogP contribution in [0.1, 0.15) is 38.4 Å². The number of pyridine rings is 2. The third kappa shape index (κ3) is 4.80. The van der Waals surface area contributed by atoms with Gasteiger partial charge >= 0.3 is 6.18 Å². The Bertz CT molecular complexity index is 1170. The van der Waals surface area contributed by atoms with Gasteiger partial charge in [-0.2, -0.15) is 18.3 Å². The quantitative estimate of drug-likeness (QED) is 0.375. The molecule has 4 aromatic rings. The van der Waals surface area contributed by atoms with Crippen molar-refractivity contribution in [3.05, 3.63) is 54.9 Å². The SMILES string of the molecule is CC(C)CCCOC(c1ccc(-n2cc(-c3ccnc4nc[nH]c34)cn2)nc1)C(F)(F)F. The van der Waals surface area contributed by atoms with Crippen LogP contribution in [-0.2, 0) is 4.74 Å². The molecule has 1 N–H and O–H groups in total.